The number of carbonyl (C=O) groups excluding carboxylic acids is 1. The van der Waals surface area contributed by atoms with Crippen molar-refractivity contribution in [1.29, 1.82) is 0 Å². The fraction of sp³-hybridized carbons (Fsp3) is 0.562. The Bertz CT molecular complexity index is 656. The molecule has 8 nitrogen and oxygen atoms in total. The standard InChI is InChI=1S/C16H24N2O6S/c1-13(11-22-2)17-16(19)12-24-14-3-5-15(6-4-14)25(20,21)18-7-9-23-10-8-18/h3-6,13H,7-12H2,1-2H3,(H,17,19)/t13-/m1/s1. The van der Waals surface area contributed by atoms with Crippen LogP contribution in [-0.2, 0) is 24.3 Å². The maximum Gasteiger partial charge on any atom is 0.258 e. The lowest BCUT2D eigenvalue weighted by molar-refractivity contribution is -0.124. The predicted molar refractivity (Wildman–Crippen MR) is 91.0 cm³/mol. The summed E-state index contributed by atoms with van der Waals surface area (Å²) in [5.41, 5.74) is 0. The average molecular weight is 372 g/mol. The Morgan fingerprint density at radius 3 is 2.52 bits per heavy atom. The van der Waals surface area contributed by atoms with Crippen LogP contribution in [0.25, 0.3) is 0 Å². The first-order valence-electron chi connectivity index (χ1n) is 8.02. The number of hydrogen-bond acceptors (Lipinski definition) is 6. The summed E-state index contributed by atoms with van der Waals surface area (Å²) < 4.78 is 41.9. The van der Waals surface area contributed by atoms with Crippen LogP contribution in [0.4, 0.5) is 0 Å². The first kappa shape index (κ1) is 19.6. The number of benzene rings is 1. The molecule has 0 saturated carbocycles. The van der Waals surface area contributed by atoms with Crippen LogP contribution in [0, 0.1) is 0 Å². The molecule has 140 valence electrons. The van der Waals surface area contributed by atoms with Crippen LogP contribution < -0.4 is 10.1 Å². The maximum atomic E-state index is 12.5. The average Bonchev–Trinajstić information content (AvgIpc) is 2.61. The summed E-state index contributed by atoms with van der Waals surface area (Å²) in [6, 6.07) is 5.93. The van der Waals surface area contributed by atoms with Crippen LogP contribution in [0.5, 0.6) is 5.75 Å². The SMILES string of the molecule is COC[C@@H](C)NC(=O)COc1ccc(S(=O)(=O)N2CCOCC2)cc1. The van der Waals surface area contributed by atoms with E-state index in [4.69, 9.17) is 14.2 Å². The monoisotopic (exact) mass is 372 g/mol. The van der Waals surface area contributed by atoms with Gasteiger partial charge in [-0.2, -0.15) is 4.31 Å². The normalized spacial score (nSPS) is 17.0. The minimum atomic E-state index is -3.53. The molecule has 2 rings (SSSR count). The summed E-state index contributed by atoms with van der Waals surface area (Å²) in [5.74, 6) is 0.157. The summed E-state index contributed by atoms with van der Waals surface area (Å²) in [6.07, 6.45) is 0. The number of nitrogens with one attached hydrogen (secondary N) is 1. The van der Waals surface area contributed by atoms with Crippen LogP contribution in [-0.4, -0.2) is 71.3 Å². The van der Waals surface area contributed by atoms with E-state index in [9.17, 15) is 13.2 Å². The Morgan fingerprint density at radius 2 is 1.92 bits per heavy atom. The van der Waals surface area contributed by atoms with Gasteiger partial charge in [0.05, 0.1) is 24.7 Å². The molecule has 1 aliphatic heterocycles. The van der Waals surface area contributed by atoms with Crippen molar-refractivity contribution in [3.63, 3.8) is 0 Å². The molecule has 0 aliphatic carbocycles. The van der Waals surface area contributed by atoms with Gasteiger partial charge in [0.15, 0.2) is 6.61 Å². The van der Waals surface area contributed by atoms with E-state index in [1.54, 1.807) is 19.2 Å². The van der Waals surface area contributed by atoms with E-state index in [0.29, 0.717) is 38.7 Å². The largest absolute Gasteiger partial charge is 0.484 e. The van der Waals surface area contributed by atoms with Gasteiger partial charge in [0.25, 0.3) is 5.91 Å². The number of morpholine rings is 1. The van der Waals surface area contributed by atoms with Gasteiger partial charge in [-0.15, -0.1) is 0 Å². The Labute approximate surface area is 148 Å². The lowest BCUT2D eigenvalue weighted by atomic mass is 10.3. The number of amides is 1. The van der Waals surface area contributed by atoms with Gasteiger partial charge < -0.3 is 19.5 Å². The van der Waals surface area contributed by atoms with Crippen molar-refractivity contribution in [2.75, 3.05) is 46.6 Å². The first-order valence-corrected chi connectivity index (χ1v) is 9.46. The van der Waals surface area contributed by atoms with E-state index < -0.39 is 10.0 Å². The Kier molecular flexibility index (Phi) is 7.18. The number of nitrogens with zero attached hydrogens (tertiary/aromatic N) is 1. The molecule has 1 aromatic carbocycles. The van der Waals surface area contributed by atoms with Gasteiger partial charge in [-0.1, -0.05) is 0 Å². The van der Waals surface area contributed by atoms with E-state index in [0.717, 1.165) is 0 Å². The molecule has 1 amide bonds. The number of rotatable bonds is 8. The lowest BCUT2D eigenvalue weighted by Crippen LogP contribution is -2.40. The molecule has 25 heavy (non-hydrogen) atoms. The van der Waals surface area contributed by atoms with Crippen LogP contribution in [0.2, 0.25) is 0 Å². The summed E-state index contributed by atoms with van der Waals surface area (Å²) in [6.45, 7) is 3.59. The van der Waals surface area contributed by atoms with Crippen LogP contribution in [0.3, 0.4) is 0 Å². The highest BCUT2D eigenvalue weighted by molar-refractivity contribution is 7.89. The second-order valence-electron chi connectivity index (χ2n) is 5.70. The number of carbonyl (C=O) groups is 1. The first-order chi connectivity index (χ1) is 11.9. The van der Waals surface area contributed by atoms with Crippen molar-refractivity contribution in [3.05, 3.63) is 24.3 Å². The Balaban J connectivity index is 1.90. The summed E-state index contributed by atoms with van der Waals surface area (Å²) in [5, 5.41) is 2.73. The number of sulfonamides is 1. The van der Waals surface area contributed by atoms with Crippen LogP contribution in [0.1, 0.15) is 6.92 Å². The molecule has 0 spiro atoms. The molecule has 1 aliphatic rings. The van der Waals surface area contributed by atoms with Gasteiger partial charge in [-0.3, -0.25) is 4.79 Å². The molecule has 0 radical (unpaired) electrons. The molecular weight excluding hydrogens is 348 g/mol. The van der Waals surface area contributed by atoms with Crippen molar-refractivity contribution in [2.24, 2.45) is 0 Å². The van der Waals surface area contributed by atoms with Crippen LogP contribution in [0.15, 0.2) is 29.2 Å². The van der Waals surface area contributed by atoms with E-state index in [2.05, 4.69) is 5.32 Å². The Morgan fingerprint density at radius 1 is 1.28 bits per heavy atom. The lowest BCUT2D eigenvalue weighted by Gasteiger charge is -2.26. The van der Waals surface area contributed by atoms with Gasteiger partial charge in [-0.25, -0.2) is 8.42 Å². The highest BCUT2D eigenvalue weighted by Gasteiger charge is 2.26. The second-order valence-corrected chi connectivity index (χ2v) is 7.64. The fourth-order valence-electron chi connectivity index (χ4n) is 2.40. The molecule has 0 aromatic heterocycles. The summed E-state index contributed by atoms with van der Waals surface area (Å²) >= 11 is 0. The molecule has 1 atom stereocenters. The van der Waals surface area contributed by atoms with Gasteiger partial charge in [0.2, 0.25) is 10.0 Å². The van der Waals surface area contributed by atoms with Crippen molar-refractivity contribution >= 4 is 15.9 Å². The molecule has 0 bridgehead atoms. The van der Waals surface area contributed by atoms with E-state index in [1.165, 1.54) is 16.4 Å². The molecule has 1 aromatic rings. The minimum Gasteiger partial charge on any atom is -0.484 e. The van der Waals surface area contributed by atoms with Crippen molar-refractivity contribution in [1.82, 2.24) is 9.62 Å². The summed E-state index contributed by atoms with van der Waals surface area (Å²) in [4.78, 5) is 11.9. The zero-order chi connectivity index (χ0) is 18.3. The molecule has 0 unspecified atom stereocenters. The fourth-order valence-corrected chi connectivity index (χ4v) is 3.81. The van der Waals surface area contributed by atoms with Gasteiger partial charge in [0, 0.05) is 26.2 Å². The quantitative estimate of drug-likeness (QED) is 0.702. The molecule has 1 heterocycles. The van der Waals surface area contributed by atoms with Gasteiger partial charge in [0.1, 0.15) is 5.75 Å². The summed E-state index contributed by atoms with van der Waals surface area (Å²) in [7, 11) is -1.97. The number of methoxy groups -OCH3 is 1. The van der Waals surface area contributed by atoms with Gasteiger partial charge in [-0.05, 0) is 31.2 Å². The zero-order valence-electron chi connectivity index (χ0n) is 14.4. The van der Waals surface area contributed by atoms with Crippen molar-refractivity contribution < 1.29 is 27.4 Å². The smallest absolute Gasteiger partial charge is 0.258 e. The van der Waals surface area contributed by atoms with E-state index >= 15 is 0 Å². The molecule has 9 heteroatoms. The third-order valence-corrected chi connectivity index (χ3v) is 5.54. The Hall–Kier alpha value is -1.68. The third kappa shape index (κ3) is 5.67. The van der Waals surface area contributed by atoms with Gasteiger partial charge >= 0.3 is 0 Å². The second kappa shape index (κ2) is 9.14. The highest BCUT2D eigenvalue weighted by Crippen LogP contribution is 2.20. The maximum absolute atomic E-state index is 12.5. The van der Waals surface area contributed by atoms with E-state index in [1.807, 2.05) is 6.92 Å². The van der Waals surface area contributed by atoms with Crippen molar-refractivity contribution in [3.8, 4) is 5.75 Å². The van der Waals surface area contributed by atoms with Crippen molar-refractivity contribution in [2.45, 2.75) is 17.9 Å². The van der Waals surface area contributed by atoms with E-state index in [-0.39, 0.29) is 23.5 Å². The minimum absolute atomic E-state index is 0.109. The van der Waals surface area contributed by atoms with Crippen LogP contribution >= 0.6 is 0 Å². The number of ether oxygens (including phenoxy) is 3. The number of hydrogen-bond donors (Lipinski definition) is 1. The molecule has 1 N–H and O–H groups in total. The third-order valence-electron chi connectivity index (χ3n) is 3.63. The predicted octanol–water partition coefficient (Wildman–Crippen LogP) is 0.237. The molecule has 1 fully saturated rings. The molecular formula is C16H24N2O6S. The zero-order valence-corrected chi connectivity index (χ0v) is 15.3. The highest BCUT2D eigenvalue weighted by atomic mass is 32.2. The molecule has 1 saturated heterocycles. The topological polar surface area (TPSA) is 94.2 Å².